The summed E-state index contributed by atoms with van der Waals surface area (Å²) >= 11 is 0. The third kappa shape index (κ3) is 9.18. The molecule has 21 heavy (non-hydrogen) atoms. The van der Waals surface area contributed by atoms with Crippen LogP contribution in [-0.2, 0) is 14.4 Å². The van der Waals surface area contributed by atoms with Crippen LogP contribution in [0.25, 0.3) is 0 Å². The van der Waals surface area contributed by atoms with E-state index in [1.165, 1.54) is 19.3 Å². The Labute approximate surface area is 125 Å². The maximum Gasteiger partial charge on any atom is 0.321 e. The van der Waals surface area contributed by atoms with E-state index in [9.17, 15) is 14.4 Å². The van der Waals surface area contributed by atoms with Crippen LogP contribution in [0.15, 0.2) is 0 Å². The summed E-state index contributed by atoms with van der Waals surface area (Å²) in [6.45, 7) is 2.15. The third-order valence-corrected chi connectivity index (χ3v) is 3.55. The van der Waals surface area contributed by atoms with Crippen molar-refractivity contribution in [2.24, 2.45) is 11.7 Å². The lowest BCUT2D eigenvalue weighted by atomic mass is 9.89. The Kier molecular flexibility index (Phi) is 10.5. The van der Waals surface area contributed by atoms with Gasteiger partial charge in [-0.3, -0.25) is 14.4 Å². The molecule has 0 saturated carbocycles. The minimum absolute atomic E-state index is 0.201. The van der Waals surface area contributed by atoms with Gasteiger partial charge in [-0.15, -0.1) is 0 Å². The van der Waals surface area contributed by atoms with Crippen LogP contribution in [0.4, 0.5) is 0 Å². The van der Waals surface area contributed by atoms with Gasteiger partial charge in [0.1, 0.15) is 11.8 Å². The van der Waals surface area contributed by atoms with Crippen molar-refractivity contribution in [1.29, 1.82) is 0 Å². The van der Waals surface area contributed by atoms with Gasteiger partial charge in [-0.1, -0.05) is 45.4 Å². The maximum atomic E-state index is 12.0. The van der Waals surface area contributed by atoms with Crippen molar-refractivity contribution in [1.82, 2.24) is 0 Å². The number of carboxylic acids is 2. The van der Waals surface area contributed by atoms with Crippen molar-refractivity contribution in [2.45, 2.75) is 70.8 Å². The molecule has 0 amide bonds. The number of rotatable bonds is 13. The van der Waals surface area contributed by atoms with E-state index < -0.39 is 30.3 Å². The van der Waals surface area contributed by atoms with E-state index >= 15 is 0 Å². The summed E-state index contributed by atoms with van der Waals surface area (Å²) < 4.78 is 0. The topological polar surface area (TPSA) is 118 Å². The molecule has 0 spiro atoms. The fourth-order valence-electron chi connectivity index (χ4n) is 2.24. The zero-order chi connectivity index (χ0) is 16.3. The predicted octanol–water partition coefficient (Wildman–Crippen LogP) is 2.20. The molecule has 0 aromatic carbocycles. The molecule has 0 aliphatic carbocycles. The molecule has 0 saturated heterocycles. The van der Waals surface area contributed by atoms with Gasteiger partial charge in [-0.2, -0.15) is 0 Å². The normalized spacial score (nSPS) is 13.6. The molecule has 0 aromatic rings. The highest BCUT2D eigenvalue weighted by Crippen LogP contribution is 2.15. The number of aliphatic carboxylic acids is 2. The lowest BCUT2D eigenvalue weighted by molar-refractivity contribution is -0.146. The van der Waals surface area contributed by atoms with E-state index in [1.807, 2.05) is 0 Å². The average molecular weight is 301 g/mol. The first kappa shape index (κ1) is 19.6. The van der Waals surface area contributed by atoms with Crippen molar-refractivity contribution in [3.05, 3.63) is 0 Å². The van der Waals surface area contributed by atoms with E-state index in [2.05, 4.69) is 6.92 Å². The van der Waals surface area contributed by atoms with Crippen molar-refractivity contribution >= 4 is 17.7 Å². The number of ketones is 1. The van der Waals surface area contributed by atoms with E-state index in [1.54, 1.807) is 0 Å². The van der Waals surface area contributed by atoms with Gasteiger partial charge in [0.05, 0.1) is 12.3 Å². The molecule has 122 valence electrons. The van der Waals surface area contributed by atoms with Crippen LogP contribution in [0.2, 0.25) is 0 Å². The number of carbonyl (C=O) groups excluding carboxylic acids is 1. The molecule has 0 fully saturated rings. The highest BCUT2D eigenvalue weighted by atomic mass is 16.4. The number of carbonyl (C=O) groups is 3. The van der Waals surface area contributed by atoms with Crippen molar-refractivity contribution < 1.29 is 24.6 Å². The number of Topliss-reactive ketones (excluding diaryl/α,β-unsaturated/α-hetero) is 1. The van der Waals surface area contributed by atoms with Gasteiger partial charge in [0.25, 0.3) is 0 Å². The monoisotopic (exact) mass is 301 g/mol. The largest absolute Gasteiger partial charge is 0.481 e. The molecule has 0 rings (SSSR count). The molecule has 0 radical (unpaired) electrons. The Balaban J connectivity index is 4.11. The van der Waals surface area contributed by atoms with Crippen LogP contribution in [-0.4, -0.2) is 34.0 Å². The minimum atomic E-state index is -1.45. The van der Waals surface area contributed by atoms with Gasteiger partial charge in [0.15, 0.2) is 0 Å². The Morgan fingerprint density at radius 3 is 1.95 bits per heavy atom. The summed E-state index contributed by atoms with van der Waals surface area (Å²) in [5.41, 5.74) is 5.41. The summed E-state index contributed by atoms with van der Waals surface area (Å²) in [6.07, 6.45) is 7.00. The first-order valence-corrected chi connectivity index (χ1v) is 7.63. The molecule has 6 nitrogen and oxygen atoms in total. The number of hydrogen-bond donors (Lipinski definition) is 3. The van der Waals surface area contributed by atoms with Gasteiger partial charge in [-0.25, -0.2) is 0 Å². The first-order valence-electron chi connectivity index (χ1n) is 7.63. The standard InChI is InChI=1S/C15H27NO5/c1-2-3-4-5-6-7-8-9-12(17)11(10-13(18)19)14(16)15(20)21/h11,14H,2-10,16H2,1H3,(H,18,19)(H,20,21)/t11?,14-/m0/s1. The smallest absolute Gasteiger partial charge is 0.321 e. The minimum Gasteiger partial charge on any atom is -0.481 e. The lowest BCUT2D eigenvalue weighted by Crippen LogP contribution is -2.43. The highest BCUT2D eigenvalue weighted by Gasteiger charge is 2.31. The number of unbranched alkanes of at least 4 members (excludes halogenated alkanes) is 6. The summed E-state index contributed by atoms with van der Waals surface area (Å²) in [4.78, 5) is 33.5. The third-order valence-electron chi connectivity index (χ3n) is 3.55. The second-order valence-electron chi connectivity index (χ2n) is 5.41. The molecule has 0 aliphatic rings. The van der Waals surface area contributed by atoms with Crippen molar-refractivity contribution in [3.63, 3.8) is 0 Å². The van der Waals surface area contributed by atoms with E-state index in [0.717, 1.165) is 19.3 Å². The van der Waals surface area contributed by atoms with E-state index in [0.29, 0.717) is 6.42 Å². The Bertz CT molecular complexity index is 343. The van der Waals surface area contributed by atoms with E-state index in [-0.39, 0.29) is 12.2 Å². The fourth-order valence-corrected chi connectivity index (χ4v) is 2.24. The lowest BCUT2D eigenvalue weighted by Gasteiger charge is -2.17. The van der Waals surface area contributed by atoms with Crippen LogP contribution in [0.5, 0.6) is 0 Å². The second kappa shape index (κ2) is 11.3. The molecule has 0 heterocycles. The van der Waals surface area contributed by atoms with Gasteiger partial charge in [0.2, 0.25) is 0 Å². The zero-order valence-corrected chi connectivity index (χ0v) is 12.7. The van der Waals surface area contributed by atoms with Crippen LogP contribution in [0, 0.1) is 5.92 Å². The number of carboxylic acid groups (broad SMARTS) is 2. The summed E-state index contributed by atoms with van der Waals surface area (Å²) in [7, 11) is 0. The molecular weight excluding hydrogens is 274 g/mol. The molecule has 0 aliphatic heterocycles. The summed E-state index contributed by atoms with van der Waals surface area (Å²) in [5.74, 6) is -4.04. The van der Waals surface area contributed by atoms with Crippen molar-refractivity contribution in [3.8, 4) is 0 Å². The SMILES string of the molecule is CCCCCCCCCC(=O)C(CC(=O)O)[C@H](N)C(=O)O. The van der Waals surface area contributed by atoms with Gasteiger partial charge >= 0.3 is 11.9 Å². The summed E-state index contributed by atoms with van der Waals surface area (Å²) in [5, 5.41) is 17.6. The maximum absolute atomic E-state index is 12.0. The Hall–Kier alpha value is -1.43. The molecule has 1 unspecified atom stereocenters. The Morgan fingerprint density at radius 1 is 0.952 bits per heavy atom. The van der Waals surface area contributed by atoms with Gasteiger partial charge in [-0.05, 0) is 6.42 Å². The predicted molar refractivity (Wildman–Crippen MR) is 79.0 cm³/mol. The summed E-state index contributed by atoms with van der Waals surface area (Å²) in [6, 6.07) is -1.45. The molecule has 0 aromatic heterocycles. The van der Waals surface area contributed by atoms with Crippen LogP contribution in [0.3, 0.4) is 0 Å². The molecule has 2 atom stereocenters. The first-order chi connectivity index (χ1) is 9.90. The zero-order valence-electron chi connectivity index (χ0n) is 12.7. The molecule has 6 heteroatoms. The number of nitrogens with two attached hydrogens (primary N) is 1. The molecular formula is C15H27NO5. The second-order valence-corrected chi connectivity index (χ2v) is 5.41. The number of hydrogen-bond acceptors (Lipinski definition) is 4. The van der Waals surface area contributed by atoms with Crippen molar-refractivity contribution in [2.75, 3.05) is 0 Å². The quantitative estimate of drug-likeness (QED) is 0.449. The van der Waals surface area contributed by atoms with Crippen LogP contribution in [0.1, 0.15) is 64.7 Å². The van der Waals surface area contributed by atoms with Crippen LogP contribution < -0.4 is 5.73 Å². The Morgan fingerprint density at radius 2 is 1.48 bits per heavy atom. The average Bonchev–Trinajstić information content (AvgIpc) is 2.42. The van der Waals surface area contributed by atoms with Gasteiger partial charge < -0.3 is 15.9 Å². The molecule has 4 N–H and O–H groups in total. The van der Waals surface area contributed by atoms with E-state index in [4.69, 9.17) is 15.9 Å². The highest BCUT2D eigenvalue weighted by molar-refractivity contribution is 5.90. The van der Waals surface area contributed by atoms with Crippen LogP contribution >= 0.6 is 0 Å². The fraction of sp³-hybridized carbons (Fsp3) is 0.800. The van der Waals surface area contributed by atoms with Gasteiger partial charge in [0, 0.05) is 6.42 Å². The molecule has 0 bridgehead atoms.